The SMILES string of the molecule is COc1ccc(CN2CC[C@@H]3[C@@H](CO[C@H]3CC(=O)NC3CC3)C2)cc1.O=C(O)C(F)(F)F. The van der Waals surface area contributed by atoms with Gasteiger partial charge in [0, 0.05) is 25.0 Å². The summed E-state index contributed by atoms with van der Waals surface area (Å²) < 4.78 is 43.0. The van der Waals surface area contributed by atoms with Crippen LogP contribution in [0.3, 0.4) is 0 Å². The van der Waals surface area contributed by atoms with Crippen molar-refractivity contribution in [3.63, 3.8) is 0 Å². The van der Waals surface area contributed by atoms with Crippen molar-refractivity contribution in [3.05, 3.63) is 29.8 Å². The molecule has 3 fully saturated rings. The molecule has 0 unspecified atom stereocenters. The summed E-state index contributed by atoms with van der Waals surface area (Å²) in [5.74, 6) is -0.580. The molecule has 2 aliphatic heterocycles. The van der Waals surface area contributed by atoms with Gasteiger partial charge in [-0.25, -0.2) is 4.79 Å². The lowest BCUT2D eigenvalue weighted by molar-refractivity contribution is -0.192. The van der Waals surface area contributed by atoms with Gasteiger partial charge in [0.25, 0.3) is 0 Å². The predicted molar refractivity (Wildman–Crippen MR) is 109 cm³/mol. The molecule has 1 saturated carbocycles. The van der Waals surface area contributed by atoms with E-state index in [9.17, 15) is 18.0 Å². The number of halogens is 3. The van der Waals surface area contributed by atoms with Crippen molar-refractivity contribution in [2.45, 2.75) is 50.6 Å². The number of piperidine rings is 1. The number of carboxylic acids is 1. The van der Waals surface area contributed by atoms with E-state index < -0.39 is 12.1 Å². The summed E-state index contributed by atoms with van der Waals surface area (Å²) in [6, 6.07) is 8.77. The highest BCUT2D eigenvalue weighted by atomic mass is 19.4. The molecular weight excluding hydrogens is 429 g/mol. The van der Waals surface area contributed by atoms with Gasteiger partial charge >= 0.3 is 12.1 Å². The molecule has 0 bridgehead atoms. The second-order valence-corrected chi connectivity index (χ2v) is 8.52. The van der Waals surface area contributed by atoms with Crippen molar-refractivity contribution in [3.8, 4) is 5.75 Å². The van der Waals surface area contributed by atoms with E-state index >= 15 is 0 Å². The van der Waals surface area contributed by atoms with Crippen LogP contribution in [0.4, 0.5) is 13.2 Å². The highest BCUT2D eigenvalue weighted by Crippen LogP contribution is 2.36. The molecule has 0 aromatic heterocycles. The molecule has 3 atom stereocenters. The maximum Gasteiger partial charge on any atom is 0.490 e. The van der Waals surface area contributed by atoms with Crippen molar-refractivity contribution in [2.24, 2.45) is 11.8 Å². The third kappa shape index (κ3) is 7.09. The Bertz CT molecular complexity index is 783. The number of carboxylic acid groups (broad SMARTS) is 1. The van der Waals surface area contributed by atoms with Crippen LogP contribution in [0.2, 0.25) is 0 Å². The summed E-state index contributed by atoms with van der Waals surface area (Å²) in [6.07, 6.45) is -1.02. The van der Waals surface area contributed by atoms with Gasteiger partial charge in [0.2, 0.25) is 5.91 Å². The van der Waals surface area contributed by atoms with E-state index in [2.05, 4.69) is 22.3 Å². The standard InChI is InChI=1S/C20H28N2O3.C2HF3O2/c1-24-17-6-2-14(3-7-17)11-22-9-8-18-15(12-22)13-25-19(18)10-20(23)21-16-4-5-16;3-2(4,5)1(6)7/h2-3,6-7,15-16,18-19H,4-5,8-13H2,1H3,(H,21,23);(H,6,7)/t15-,18-,19+;/m1./s1. The summed E-state index contributed by atoms with van der Waals surface area (Å²) in [6.45, 7) is 3.92. The van der Waals surface area contributed by atoms with Crippen molar-refractivity contribution < 1.29 is 37.3 Å². The minimum atomic E-state index is -5.08. The smallest absolute Gasteiger partial charge is 0.490 e. The van der Waals surface area contributed by atoms with Crippen LogP contribution in [0.15, 0.2) is 24.3 Å². The van der Waals surface area contributed by atoms with Crippen LogP contribution in [0.1, 0.15) is 31.2 Å². The zero-order valence-electron chi connectivity index (χ0n) is 17.9. The monoisotopic (exact) mass is 458 g/mol. The maximum absolute atomic E-state index is 12.1. The van der Waals surface area contributed by atoms with Crippen LogP contribution in [-0.4, -0.2) is 67.0 Å². The maximum atomic E-state index is 12.1. The first-order valence-corrected chi connectivity index (χ1v) is 10.7. The van der Waals surface area contributed by atoms with Crippen molar-refractivity contribution >= 4 is 11.9 Å². The fourth-order valence-corrected chi connectivity index (χ4v) is 4.20. The van der Waals surface area contributed by atoms with Crippen LogP contribution in [0, 0.1) is 11.8 Å². The number of ether oxygens (including phenoxy) is 2. The normalized spacial score (nSPS) is 25.3. The Labute approximate surface area is 184 Å². The van der Waals surface area contributed by atoms with Gasteiger partial charge in [-0.1, -0.05) is 12.1 Å². The van der Waals surface area contributed by atoms with Crippen LogP contribution >= 0.6 is 0 Å². The largest absolute Gasteiger partial charge is 0.497 e. The Balaban J connectivity index is 0.000000360. The Kier molecular flexibility index (Phi) is 8.00. The number of alkyl halides is 3. The van der Waals surface area contributed by atoms with Crippen LogP contribution in [0.25, 0.3) is 0 Å². The van der Waals surface area contributed by atoms with Gasteiger partial charge in [-0.3, -0.25) is 9.69 Å². The molecule has 2 N–H and O–H groups in total. The highest BCUT2D eigenvalue weighted by Gasteiger charge is 2.42. The van der Waals surface area contributed by atoms with Crippen LogP contribution in [0.5, 0.6) is 5.75 Å². The van der Waals surface area contributed by atoms with Crippen LogP contribution < -0.4 is 10.1 Å². The Hall–Kier alpha value is -2.33. The number of nitrogens with zero attached hydrogens (tertiary/aromatic N) is 1. The lowest BCUT2D eigenvalue weighted by atomic mass is 9.83. The van der Waals surface area contributed by atoms with Gasteiger partial charge in [-0.15, -0.1) is 0 Å². The number of aliphatic carboxylic acids is 1. The number of hydrogen-bond acceptors (Lipinski definition) is 5. The summed E-state index contributed by atoms with van der Waals surface area (Å²) in [5.41, 5.74) is 1.32. The minimum Gasteiger partial charge on any atom is -0.497 e. The molecule has 3 aliphatic rings. The van der Waals surface area contributed by atoms with Crippen LogP contribution in [-0.2, 0) is 20.9 Å². The molecule has 1 aromatic carbocycles. The van der Waals surface area contributed by atoms with E-state index in [1.54, 1.807) is 7.11 Å². The summed E-state index contributed by atoms with van der Waals surface area (Å²) in [4.78, 5) is 23.5. The number of fused-ring (bicyclic) bond motifs is 1. The number of rotatable bonds is 6. The third-order valence-electron chi connectivity index (χ3n) is 6.02. The molecule has 10 heteroatoms. The van der Waals surface area contributed by atoms with Gasteiger partial charge < -0.3 is 19.9 Å². The van der Waals surface area contributed by atoms with Gasteiger partial charge in [0.15, 0.2) is 0 Å². The molecule has 178 valence electrons. The number of hydrogen-bond donors (Lipinski definition) is 2. The van der Waals surface area contributed by atoms with Crippen molar-refractivity contribution in [1.29, 1.82) is 0 Å². The average molecular weight is 458 g/mol. The first-order valence-electron chi connectivity index (χ1n) is 10.7. The predicted octanol–water partition coefficient (Wildman–Crippen LogP) is 2.83. The molecule has 1 aliphatic carbocycles. The Morgan fingerprint density at radius 3 is 2.44 bits per heavy atom. The summed E-state index contributed by atoms with van der Waals surface area (Å²) >= 11 is 0. The molecule has 0 radical (unpaired) electrons. The first-order chi connectivity index (χ1) is 15.2. The lowest BCUT2D eigenvalue weighted by Crippen LogP contribution is -2.42. The molecule has 2 heterocycles. The summed E-state index contributed by atoms with van der Waals surface area (Å²) in [5, 5.41) is 10.2. The molecule has 7 nitrogen and oxygen atoms in total. The number of carbonyl (C=O) groups excluding carboxylic acids is 1. The number of likely N-dealkylation sites (tertiary alicyclic amines) is 1. The third-order valence-corrected chi connectivity index (χ3v) is 6.02. The van der Waals surface area contributed by atoms with Gasteiger partial charge in [-0.05, 0) is 49.4 Å². The van der Waals surface area contributed by atoms with Gasteiger partial charge in [0.05, 0.1) is 26.2 Å². The quantitative estimate of drug-likeness (QED) is 0.682. The number of amides is 1. The topological polar surface area (TPSA) is 88.1 Å². The van der Waals surface area contributed by atoms with Crippen molar-refractivity contribution in [1.82, 2.24) is 10.2 Å². The highest BCUT2D eigenvalue weighted by molar-refractivity contribution is 5.77. The molecule has 1 amide bonds. The molecule has 4 rings (SSSR count). The van der Waals surface area contributed by atoms with Crippen molar-refractivity contribution in [2.75, 3.05) is 26.8 Å². The molecule has 1 aromatic rings. The molecular formula is C22H29F3N2O5. The van der Waals surface area contributed by atoms with Gasteiger partial charge in [0.1, 0.15) is 5.75 Å². The Morgan fingerprint density at radius 1 is 1.22 bits per heavy atom. The fourth-order valence-electron chi connectivity index (χ4n) is 4.20. The molecule has 0 spiro atoms. The van der Waals surface area contributed by atoms with E-state index in [0.717, 1.165) is 51.3 Å². The second-order valence-electron chi connectivity index (χ2n) is 8.52. The zero-order chi connectivity index (χ0) is 23.3. The molecule has 2 saturated heterocycles. The molecule has 32 heavy (non-hydrogen) atoms. The first kappa shape index (κ1) is 24.3. The minimum absolute atomic E-state index is 0.117. The van der Waals surface area contributed by atoms with Gasteiger partial charge in [-0.2, -0.15) is 13.2 Å². The van der Waals surface area contributed by atoms with E-state index in [1.165, 1.54) is 5.56 Å². The average Bonchev–Trinajstić information content (AvgIpc) is 3.47. The number of nitrogens with one attached hydrogen (secondary N) is 1. The lowest BCUT2D eigenvalue weighted by Gasteiger charge is -2.35. The van der Waals surface area contributed by atoms with E-state index in [4.69, 9.17) is 19.4 Å². The van der Waals surface area contributed by atoms with E-state index in [-0.39, 0.29) is 12.0 Å². The number of carbonyl (C=O) groups is 2. The number of methoxy groups -OCH3 is 1. The summed E-state index contributed by atoms with van der Waals surface area (Å²) in [7, 11) is 1.70. The number of benzene rings is 1. The second kappa shape index (κ2) is 10.5. The fraction of sp³-hybridized carbons (Fsp3) is 0.636. The Morgan fingerprint density at radius 2 is 1.88 bits per heavy atom. The van der Waals surface area contributed by atoms with E-state index in [1.807, 2.05) is 12.1 Å². The zero-order valence-corrected chi connectivity index (χ0v) is 17.9. The van der Waals surface area contributed by atoms with E-state index in [0.29, 0.717) is 24.3 Å².